The van der Waals surface area contributed by atoms with Gasteiger partial charge in [-0.1, -0.05) is 35.9 Å². The zero-order chi connectivity index (χ0) is 20.9. The molecule has 2 aromatic carbocycles. The molecule has 0 atom stereocenters. The normalized spacial score (nSPS) is 17.4. The molecule has 4 rings (SSSR count). The van der Waals surface area contributed by atoms with E-state index < -0.39 is 0 Å². The van der Waals surface area contributed by atoms with Crippen LogP contribution in [0.1, 0.15) is 53.5 Å². The van der Waals surface area contributed by atoms with Gasteiger partial charge in [-0.3, -0.25) is 4.90 Å². The second kappa shape index (κ2) is 9.65. The van der Waals surface area contributed by atoms with Crippen molar-refractivity contribution in [3.05, 3.63) is 64.2 Å². The van der Waals surface area contributed by atoms with E-state index in [0.29, 0.717) is 5.92 Å². The zero-order valence-corrected chi connectivity index (χ0v) is 18.5. The molecule has 2 aliphatic rings. The molecule has 1 saturated heterocycles. The Morgan fingerprint density at radius 1 is 1.07 bits per heavy atom. The van der Waals surface area contributed by atoms with Gasteiger partial charge in [0.2, 0.25) is 0 Å². The van der Waals surface area contributed by atoms with Crippen molar-refractivity contribution in [3.8, 4) is 0 Å². The fraction of sp³-hybridized carbons (Fsp3) is 0.500. The maximum Gasteiger partial charge on any atom is 0.319 e. The Balaban J connectivity index is 1.22. The third-order valence-corrected chi connectivity index (χ3v) is 6.80. The number of hydrogen-bond donors (Lipinski definition) is 2. The molecule has 1 aliphatic heterocycles. The fourth-order valence-corrected chi connectivity index (χ4v) is 4.86. The van der Waals surface area contributed by atoms with E-state index in [1.165, 1.54) is 40.7 Å². The summed E-state index contributed by atoms with van der Waals surface area (Å²) in [7, 11) is 0. The number of nitrogens with one attached hydrogen (secondary N) is 2. The van der Waals surface area contributed by atoms with Gasteiger partial charge in [-0.2, -0.15) is 0 Å². The SMILES string of the molecule is Cc1ccc(C)c(CN2CCC(CNC(=O)Nc3cccc4c3CCCC4)CC2)c1. The van der Waals surface area contributed by atoms with Crippen LogP contribution in [0.25, 0.3) is 0 Å². The lowest BCUT2D eigenvalue weighted by atomic mass is 9.90. The summed E-state index contributed by atoms with van der Waals surface area (Å²) in [6.45, 7) is 8.37. The number of urea groups is 1. The highest BCUT2D eigenvalue weighted by Gasteiger charge is 2.21. The Labute approximate surface area is 181 Å². The average molecular weight is 406 g/mol. The molecule has 0 spiro atoms. The molecule has 0 bridgehead atoms. The van der Waals surface area contributed by atoms with Crippen LogP contribution >= 0.6 is 0 Å². The first kappa shape index (κ1) is 20.9. The minimum atomic E-state index is -0.0632. The van der Waals surface area contributed by atoms with Crippen molar-refractivity contribution in [1.82, 2.24) is 10.2 Å². The lowest BCUT2D eigenvalue weighted by Crippen LogP contribution is -2.39. The highest BCUT2D eigenvalue weighted by Crippen LogP contribution is 2.28. The maximum absolute atomic E-state index is 12.5. The molecule has 4 nitrogen and oxygen atoms in total. The summed E-state index contributed by atoms with van der Waals surface area (Å²) < 4.78 is 0. The summed E-state index contributed by atoms with van der Waals surface area (Å²) in [4.78, 5) is 15.0. The Kier molecular flexibility index (Phi) is 6.73. The molecule has 0 unspecified atom stereocenters. The zero-order valence-electron chi connectivity index (χ0n) is 18.5. The van der Waals surface area contributed by atoms with Gasteiger partial charge in [0.15, 0.2) is 0 Å². The topological polar surface area (TPSA) is 44.4 Å². The van der Waals surface area contributed by atoms with Crippen LogP contribution in [0.15, 0.2) is 36.4 Å². The number of anilines is 1. The van der Waals surface area contributed by atoms with Crippen molar-refractivity contribution in [2.45, 2.75) is 58.9 Å². The van der Waals surface area contributed by atoms with E-state index in [-0.39, 0.29) is 6.03 Å². The predicted molar refractivity (Wildman–Crippen MR) is 124 cm³/mol. The molecule has 30 heavy (non-hydrogen) atoms. The van der Waals surface area contributed by atoms with E-state index in [1.54, 1.807) is 0 Å². The van der Waals surface area contributed by atoms with Gasteiger partial charge >= 0.3 is 6.03 Å². The van der Waals surface area contributed by atoms with Crippen LogP contribution in [-0.2, 0) is 19.4 Å². The van der Waals surface area contributed by atoms with Gasteiger partial charge in [0.1, 0.15) is 0 Å². The standard InChI is InChI=1S/C26H35N3O/c1-19-10-11-20(2)23(16-19)18-29-14-12-21(13-15-29)17-27-26(30)28-25-9-5-7-22-6-3-4-8-24(22)25/h5,7,9-11,16,21H,3-4,6,8,12-15,17-18H2,1-2H3,(H2,27,28,30). The second-order valence-electron chi connectivity index (χ2n) is 9.13. The molecule has 0 aromatic heterocycles. The van der Waals surface area contributed by atoms with Gasteiger partial charge in [0, 0.05) is 18.8 Å². The number of carbonyl (C=O) groups excluding carboxylic acids is 1. The quantitative estimate of drug-likeness (QED) is 0.717. The monoisotopic (exact) mass is 405 g/mol. The van der Waals surface area contributed by atoms with E-state index in [4.69, 9.17) is 0 Å². The number of benzene rings is 2. The number of aryl methyl sites for hydroxylation is 3. The molecular formula is C26H35N3O. The highest BCUT2D eigenvalue weighted by atomic mass is 16.2. The van der Waals surface area contributed by atoms with Crippen LogP contribution in [0.3, 0.4) is 0 Å². The van der Waals surface area contributed by atoms with E-state index in [2.05, 4.69) is 59.7 Å². The molecule has 0 radical (unpaired) electrons. The Hall–Kier alpha value is -2.33. The van der Waals surface area contributed by atoms with E-state index in [1.807, 2.05) is 6.07 Å². The highest BCUT2D eigenvalue weighted by molar-refractivity contribution is 5.90. The van der Waals surface area contributed by atoms with Gasteiger partial charge in [0.05, 0.1) is 0 Å². The molecule has 2 N–H and O–H groups in total. The first-order valence-corrected chi connectivity index (χ1v) is 11.5. The number of fused-ring (bicyclic) bond motifs is 1. The van der Waals surface area contributed by atoms with Crippen LogP contribution in [0.5, 0.6) is 0 Å². The third-order valence-electron chi connectivity index (χ3n) is 6.80. The molecule has 160 valence electrons. The summed E-state index contributed by atoms with van der Waals surface area (Å²) in [5, 5.41) is 6.22. The molecule has 1 fully saturated rings. The third kappa shape index (κ3) is 5.23. The first-order chi connectivity index (χ1) is 14.6. The Morgan fingerprint density at radius 2 is 1.87 bits per heavy atom. The lowest BCUT2D eigenvalue weighted by Gasteiger charge is -2.32. The van der Waals surface area contributed by atoms with Crippen LogP contribution in [-0.4, -0.2) is 30.6 Å². The number of hydrogen-bond acceptors (Lipinski definition) is 2. The largest absolute Gasteiger partial charge is 0.338 e. The fourth-order valence-electron chi connectivity index (χ4n) is 4.86. The summed E-state index contributed by atoms with van der Waals surface area (Å²) in [6.07, 6.45) is 6.97. The first-order valence-electron chi connectivity index (χ1n) is 11.5. The lowest BCUT2D eigenvalue weighted by molar-refractivity contribution is 0.175. The number of rotatable bonds is 5. The Bertz CT molecular complexity index is 884. The molecule has 4 heteroatoms. The number of likely N-dealkylation sites (tertiary alicyclic amines) is 1. The van der Waals surface area contributed by atoms with Crippen LogP contribution in [0, 0.1) is 19.8 Å². The van der Waals surface area contributed by atoms with Crippen molar-refractivity contribution in [1.29, 1.82) is 0 Å². The second-order valence-corrected chi connectivity index (χ2v) is 9.13. The van der Waals surface area contributed by atoms with Crippen LogP contribution in [0.4, 0.5) is 10.5 Å². The number of piperidine rings is 1. The van der Waals surface area contributed by atoms with Crippen LogP contribution in [0.2, 0.25) is 0 Å². The smallest absolute Gasteiger partial charge is 0.319 e. The van der Waals surface area contributed by atoms with Crippen molar-refractivity contribution < 1.29 is 4.79 Å². The number of amides is 2. The van der Waals surface area contributed by atoms with Gasteiger partial charge in [-0.15, -0.1) is 0 Å². The number of nitrogens with zero attached hydrogens (tertiary/aromatic N) is 1. The van der Waals surface area contributed by atoms with E-state index >= 15 is 0 Å². The minimum Gasteiger partial charge on any atom is -0.338 e. The molecule has 2 aromatic rings. The summed E-state index contributed by atoms with van der Waals surface area (Å²) in [6, 6.07) is 13.0. The minimum absolute atomic E-state index is 0.0632. The van der Waals surface area contributed by atoms with Crippen molar-refractivity contribution in [2.24, 2.45) is 5.92 Å². The molecule has 0 saturated carbocycles. The van der Waals surface area contributed by atoms with Crippen molar-refractivity contribution in [3.63, 3.8) is 0 Å². The van der Waals surface area contributed by atoms with Crippen LogP contribution < -0.4 is 10.6 Å². The van der Waals surface area contributed by atoms with Crippen molar-refractivity contribution in [2.75, 3.05) is 25.0 Å². The van der Waals surface area contributed by atoms with Gasteiger partial charge in [-0.25, -0.2) is 4.79 Å². The molecule has 1 heterocycles. The molecular weight excluding hydrogens is 370 g/mol. The number of carbonyl (C=O) groups is 1. The van der Waals surface area contributed by atoms with Gasteiger partial charge in [0.25, 0.3) is 0 Å². The van der Waals surface area contributed by atoms with E-state index in [9.17, 15) is 4.79 Å². The average Bonchev–Trinajstić information content (AvgIpc) is 2.76. The molecule has 1 aliphatic carbocycles. The van der Waals surface area contributed by atoms with E-state index in [0.717, 1.165) is 57.5 Å². The predicted octanol–water partition coefficient (Wildman–Crippen LogP) is 5.22. The van der Waals surface area contributed by atoms with Crippen molar-refractivity contribution >= 4 is 11.7 Å². The Morgan fingerprint density at radius 3 is 2.70 bits per heavy atom. The van der Waals surface area contributed by atoms with Gasteiger partial charge < -0.3 is 10.6 Å². The maximum atomic E-state index is 12.5. The van der Waals surface area contributed by atoms with Gasteiger partial charge in [-0.05, 0) is 99.7 Å². The molecule has 2 amide bonds. The summed E-state index contributed by atoms with van der Waals surface area (Å²) in [5.74, 6) is 0.565. The summed E-state index contributed by atoms with van der Waals surface area (Å²) >= 11 is 0. The summed E-state index contributed by atoms with van der Waals surface area (Å²) in [5.41, 5.74) is 7.88.